The summed E-state index contributed by atoms with van der Waals surface area (Å²) in [7, 11) is 0. The number of primary amides is 1. The third-order valence-corrected chi connectivity index (χ3v) is 2.71. The van der Waals surface area contributed by atoms with E-state index < -0.39 is 28.6 Å². The first-order valence-corrected chi connectivity index (χ1v) is 5.71. The summed E-state index contributed by atoms with van der Waals surface area (Å²) in [4.78, 5) is 21.3. The summed E-state index contributed by atoms with van der Waals surface area (Å²) in [6, 6.07) is -1.22. The fraction of sp³-hybridized carbons (Fsp3) is 0.500. The summed E-state index contributed by atoms with van der Waals surface area (Å²) >= 11 is 0. The van der Waals surface area contributed by atoms with Crippen LogP contribution in [0.5, 0.6) is 0 Å². The van der Waals surface area contributed by atoms with Gasteiger partial charge in [-0.05, 0) is 6.08 Å². The van der Waals surface area contributed by atoms with Crippen LogP contribution in [0.3, 0.4) is 0 Å². The molecule has 2 atom stereocenters. The number of amides is 1. The second-order valence-electron chi connectivity index (χ2n) is 5.33. The number of nitrogens with zero attached hydrogens (tertiary/aromatic N) is 1. The average molecular weight is 267 g/mol. The van der Waals surface area contributed by atoms with Gasteiger partial charge in [0.25, 0.3) is 6.04 Å². The Bertz CT molecular complexity index is 474. The maximum absolute atomic E-state index is 11.0. The number of hydrogen-bond acceptors (Lipinski definition) is 5. The second kappa shape index (κ2) is 5.21. The molecular formula is C12H17N3O4. The van der Waals surface area contributed by atoms with E-state index in [1.54, 1.807) is 26.8 Å². The molecule has 0 aromatic rings. The SMILES string of the molecule is CC(C)(C)C(OC(N)=O)C1=CC=CC([N+](=O)[O-])C1=N. The van der Waals surface area contributed by atoms with E-state index in [-0.39, 0.29) is 5.71 Å². The Morgan fingerprint density at radius 3 is 2.58 bits per heavy atom. The average Bonchev–Trinajstić information content (AvgIpc) is 2.24. The molecule has 0 spiro atoms. The fourth-order valence-electron chi connectivity index (χ4n) is 1.85. The quantitative estimate of drug-likeness (QED) is 0.596. The van der Waals surface area contributed by atoms with Crippen molar-refractivity contribution >= 4 is 11.8 Å². The lowest BCUT2D eigenvalue weighted by Gasteiger charge is -2.32. The summed E-state index contributed by atoms with van der Waals surface area (Å²) in [6.07, 6.45) is 2.58. The molecule has 104 valence electrons. The van der Waals surface area contributed by atoms with E-state index in [1.165, 1.54) is 12.2 Å². The van der Waals surface area contributed by atoms with Gasteiger partial charge < -0.3 is 10.5 Å². The molecule has 1 aliphatic carbocycles. The first-order valence-electron chi connectivity index (χ1n) is 5.71. The molecule has 0 radical (unpaired) electrons. The number of allylic oxidation sites excluding steroid dienone is 2. The number of rotatable bonds is 3. The molecule has 7 heteroatoms. The molecule has 7 nitrogen and oxygen atoms in total. The van der Waals surface area contributed by atoms with Crippen molar-refractivity contribution in [3.63, 3.8) is 0 Å². The standard InChI is InChI=1S/C12H17N3O4/c1-12(2,3)10(19-11(14)16)7-5-4-6-8(9(7)13)15(17)18/h4-6,8,10,13H,1-3H3,(H2,14,16). The number of hydrogen-bond donors (Lipinski definition) is 2. The second-order valence-corrected chi connectivity index (χ2v) is 5.33. The zero-order valence-electron chi connectivity index (χ0n) is 11.0. The van der Waals surface area contributed by atoms with E-state index in [9.17, 15) is 14.9 Å². The molecule has 0 bridgehead atoms. The van der Waals surface area contributed by atoms with Gasteiger partial charge in [-0.1, -0.05) is 32.9 Å². The zero-order valence-corrected chi connectivity index (χ0v) is 11.0. The van der Waals surface area contributed by atoms with Crippen molar-refractivity contribution < 1.29 is 14.5 Å². The topological polar surface area (TPSA) is 119 Å². The Balaban J connectivity index is 3.13. The van der Waals surface area contributed by atoms with Crippen molar-refractivity contribution in [2.24, 2.45) is 11.1 Å². The first kappa shape index (κ1) is 14.9. The fourth-order valence-corrected chi connectivity index (χ4v) is 1.85. The highest BCUT2D eigenvalue weighted by molar-refractivity contribution is 6.04. The lowest BCUT2D eigenvalue weighted by Crippen LogP contribution is -2.42. The Labute approximate surface area is 110 Å². The number of carbonyl (C=O) groups is 1. The molecular weight excluding hydrogens is 250 g/mol. The van der Waals surface area contributed by atoms with E-state index in [0.717, 1.165) is 0 Å². The molecule has 0 saturated carbocycles. The van der Waals surface area contributed by atoms with Gasteiger partial charge >= 0.3 is 6.09 Å². The van der Waals surface area contributed by atoms with E-state index in [0.29, 0.717) is 5.57 Å². The van der Waals surface area contributed by atoms with Gasteiger partial charge in [-0.3, -0.25) is 15.5 Å². The third-order valence-electron chi connectivity index (χ3n) is 2.71. The van der Waals surface area contributed by atoms with E-state index in [1.807, 2.05) is 0 Å². The maximum atomic E-state index is 11.0. The van der Waals surface area contributed by atoms with Crippen LogP contribution in [0.4, 0.5) is 4.79 Å². The van der Waals surface area contributed by atoms with Crippen LogP contribution < -0.4 is 5.73 Å². The molecule has 1 amide bonds. The number of carbonyl (C=O) groups excluding carboxylic acids is 1. The molecule has 1 rings (SSSR count). The zero-order chi connectivity index (χ0) is 14.8. The third kappa shape index (κ3) is 3.40. The molecule has 0 aliphatic heterocycles. The summed E-state index contributed by atoms with van der Waals surface area (Å²) < 4.78 is 5.03. The van der Waals surface area contributed by atoms with Gasteiger partial charge in [0.1, 0.15) is 11.8 Å². The van der Waals surface area contributed by atoms with Gasteiger partial charge in [0.2, 0.25) is 0 Å². The summed E-state index contributed by atoms with van der Waals surface area (Å²) in [5.41, 5.74) is 4.61. The normalized spacial score (nSPS) is 20.7. The number of nitrogens with two attached hydrogens (primary N) is 1. The van der Waals surface area contributed by atoms with Crippen LogP contribution in [-0.4, -0.2) is 28.9 Å². The smallest absolute Gasteiger partial charge is 0.405 e. The van der Waals surface area contributed by atoms with Crippen LogP contribution in [0.15, 0.2) is 23.8 Å². The highest BCUT2D eigenvalue weighted by Gasteiger charge is 2.38. The molecule has 1 aliphatic rings. The predicted molar refractivity (Wildman–Crippen MR) is 69.6 cm³/mol. The van der Waals surface area contributed by atoms with Crippen molar-refractivity contribution in [1.82, 2.24) is 0 Å². The molecule has 0 saturated heterocycles. The highest BCUT2D eigenvalue weighted by Crippen LogP contribution is 2.31. The van der Waals surface area contributed by atoms with Crippen molar-refractivity contribution in [3.05, 3.63) is 33.9 Å². The van der Waals surface area contributed by atoms with E-state index >= 15 is 0 Å². The minimum absolute atomic E-state index is 0.186. The largest absolute Gasteiger partial charge is 0.441 e. The lowest BCUT2D eigenvalue weighted by atomic mass is 9.80. The maximum Gasteiger partial charge on any atom is 0.405 e. The van der Waals surface area contributed by atoms with Crippen molar-refractivity contribution in [3.8, 4) is 0 Å². The Morgan fingerprint density at radius 1 is 1.58 bits per heavy atom. The monoisotopic (exact) mass is 267 g/mol. The van der Waals surface area contributed by atoms with Gasteiger partial charge in [-0.15, -0.1) is 0 Å². The number of nitro groups is 1. The molecule has 19 heavy (non-hydrogen) atoms. The molecule has 0 aromatic heterocycles. The summed E-state index contributed by atoms with van der Waals surface area (Å²) in [5, 5.41) is 18.8. The van der Waals surface area contributed by atoms with Crippen LogP contribution in [0, 0.1) is 20.9 Å². The minimum Gasteiger partial charge on any atom is -0.441 e. The minimum atomic E-state index is -1.22. The molecule has 2 unspecified atom stereocenters. The Morgan fingerprint density at radius 2 is 2.16 bits per heavy atom. The van der Waals surface area contributed by atoms with Crippen molar-refractivity contribution in [2.75, 3.05) is 0 Å². The van der Waals surface area contributed by atoms with Gasteiger partial charge in [0.15, 0.2) is 0 Å². The number of nitrogens with one attached hydrogen (secondary N) is 1. The highest BCUT2D eigenvalue weighted by atomic mass is 16.6. The molecule has 3 N–H and O–H groups in total. The van der Waals surface area contributed by atoms with Crippen LogP contribution in [0.25, 0.3) is 0 Å². The molecule has 0 fully saturated rings. The van der Waals surface area contributed by atoms with Gasteiger partial charge in [-0.2, -0.15) is 0 Å². The summed E-state index contributed by atoms with van der Waals surface area (Å²) in [6.45, 7) is 5.40. The van der Waals surface area contributed by atoms with Gasteiger partial charge in [0, 0.05) is 15.9 Å². The van der Waals surface area contributed by atoms with Gasteiger partial charge in [0.05, 0.1) is 0 Å². The predicted octanol–water partition coefficient (Wildman–Crippen LogP) is 1.66. The number of ether oxygens (including phenoxy) is 1. The van der Waals surface area contributed by atoms with E-state index in [4.69, 9.17) is 15.9 Å². The van der Waals surface area contributed by atoms with Crippen LogP contribution in [-0.2, 0) is 4.74 Å². The molecule has 0 heterocycles. The van der Waals surface area contributed by atoms with E-state index in [2.05, 4.69) is 0 Å². The Kier molecular flexibility index (Phi) is 4.08. The first-order chi connectivity index (χ1) is 8.64. The lowest BCUT2D eigenvalue weighted by molar-refractivity contribution is -0.490. The van der Waals surface area contributed by atoms with Crippen LogP contribution >= 0.6 is 0 Å². The summed E-state index contributed by atoms with van der Waals surface area (Å²) in [5.74, 6) is 0. The van der Waals surface area contributed by atoms with Crippen LogP contribution in [0.1, 0.15) is 20.8 Å². The van der Waals surface area contributed by atoms with Crippen molar-refractivity contribution in [1.29, 1.82) is 5.41 Å². The van der Waals surface area contributed by atoms with Crippen molar-refractivity contribution in [2.45, 2.75) is 32.9 Å². The Hall–Kier alpha value is -2.18. The van der Waals surface area contributed by atoms with Crippen LogP contribution in [0.2, 0.25) is 0 Å². The van der Waals surface area contributed by atoms with Gasteiger partial charge in [-0.25, -0.2) is 4.79 Å². The molecule has 0 aromatic carbocycles.